The monoisotopic (exact) mass is 623 g/mol. The van der Waals surface area contributed by atoms with Crippen LogP contribution in [0.15, 0.2) is 176 Å². The molecule has 0 amide bonds. The SMILES string of the molecule is c1cc(-c2ccc(-c3ccc(-n4c5ccccc5c5ccccc54)cc3)cc2)cc(-c2ccc3c4ccccc4c4nccnc4c3c2)c1. The maximum atomic E-state index is 4.77. The van der Waals surface area contributed by atoms with Crippen molar-refractivity contribution in [2.75, 3.05) is 0 Å². The van der Waals surface area contributed by atoms with E-state index in [1.165, 1.54) is 60.4 Å². The van der Waals surface area contributed by atoms with Gasteiger partial charge in [-0.25, -0.2) is 0 Å². The van der Waals surface area contributed by atoms with E-state index in [0.717, 1.165) is 33.1 Å². The molecule has 10 rings (SSSR count). The van der Waals surface area contributed by atoms with Crippen molar-refractivity contribution in [1.82, 2.24) is 14.5 Å². The summed E-state index contributed by atoms with van der Waals surface area (Å²) < 4.78 is 2.36. The highest BCUT2D eigenvalue weighted by molar-refractivity contribution is 6.23. The van der Waals surface area contributed by atoms with Gasteiger partial charge in [-0.2, -0.15) is 0 Å². The first-order chi connectivity index (χ1) is 24.3. The minimum Gasteiger partial charge on any atom is -0.309 e. The number of nitrogens with zero attached hydrogens (tertiary/aromatic N) is 3. The molecule has 3 nitrogen and oxygen atoms in total. The predicted octanol–water partition coefficient (Wildman–Crippen LogP) is 12.0. The minimum absolute atomic E-state index is 0.938. The fraction of sp³-hybridized carbons (Fsp3) is 0. The number of aromatic nitrogens is 3. The first kappa shape index (κ1) is 27.5. The van der Waals surface area contributed by atoms with Crippen LogP contribution in [0, 0.1) is 0 Å². The molecule has 0 fully saturated rings. The number of para-hydroxylation sites is 2. The normalized spacial score (nSPS) is 11.7. The van der Waals surface area contributed by atoms with E-state index in [2.05, 4.69) is 168 Å². The van der Waals surface area contributed by atoms with E-state index < -0.39 is 0 Å². The van der Waals surface area contributed by atoms with Crippen LogP contribution in [0.1, 0.15) is 0 Å². The molecule has 0 atom stereocenters. The second-order valence-corrected chi connectivity index (χ2v) is 12.6. The first-order valence-electron chi connectivity index (χ1n) is 16.7. The Labute approximate surface area is 283 Å². The number of fused-ring (bicyclic) bond motifs is 9. The third-order valence-corrected chi connectivity index (χ3v) is 9.90. The number of hydrogen-bond donors (Lipinski definition) is 0. The molecule has 228 valence electrons. The summed E-state index contributed by atoms with van der Waals surface area (Å²) in [4.78, 5) is 9.49. The van der Waals surface area contributed by atoms with E-state index in [-0.39, 0.29) is 0 Å². The highest BCUT2D eigenvalue weighted by Gasteiger charge is 2.13. The van der Waals surface area contributed by atoms with Crippen molar-refractivity contribution in [2.45, 2.75) is 0 Å². The molecular formula is C46H29N3. The van der Waals surface area contributed by atoms with Crippen molar-refractivity contribution in [1.29, 1.82) is 0 Å². The fourth-order valence-electron chi connectivity index (χ4n) is 7.55. The van der Waals surface area contributed by atoms with Crippen LogP contribution in [-0.2, 0) is 0 Å². The van der Waals surface area contributed by atoms with Crippen LogP contribution in [0.3, 0.4) is 0 Å². The Morgan fingerprint density at radius 1 is 0.306 bits per heavy atom. The number of benzene rings is 8. The Bertz CT molecular complexity index is 2770. The van der Waals surface area contributed by atoms with Crippen LogP contribution < -0.4 is 0 Å². The summed E-state index contributed by atoms with van der Waals surface area (Å²) in [6.07, 6.45) is 3.56. The Kier molecular flexibility index (Phi) is 6.18. The van der Waals surface area contributed by atoms with Gasteiger partial charge in [0.25, 0.3) is 0 Å². The zero-order valence-corrected chi connectivity index (χ0v) is 26.6. The quantitative estimate of drug-likeness (QED) is 0.183. The lowest BCUT2D eigenvalue weighted by atomic mass is 9.94. The van der Waals surface area contributed by atoms with E-state index >= 15 is 0 Å². The van der Waals surface area contributed by atoms with E-state index in [1.807, 2.05) is 0 Å². The van der Waals surface area contributed by atoms with Crippen LogP contribution in [0.2, 0.25) is 0 Å². The van der Waals surface area contributed by atoms with Crippen LogP contribution in [0.5, 0.6) is 0 Å². The molecule has 0 saturated carbocycles. The van der Waals surface area contributed by atoms with Crippen molar-refractivity contribution in [2.24, 2.45) is 0 Å². The lowest BCUT2D eigenvalue weighted by Gasteiger charge is -2.12. The van der Waals surface area contributed by atoms with Gasteiger partial charge in [0.2, 0.25) is 0 Å². The number of rotatable bonds is 4. The Hall–Kier alpha value is -6.58. The summed E-state index contributed by atoms with van der Waals surface area (Å²) in [7, 11) is 0. The van der Waals surface area contributed by atoms with Crippen molar-refractivity contribution < 1.29 is 0 Å². The molecule has 0 spiro atoms. The fourth-order valence-corrected chi connectivity index (χ4v) is 7.55. The molecular weight excluding hydrogens is 595 g/mol. The third kappa shape index (κ3) is 4.44. The summed E-state index contributed by atoms with van der Waals surface area (Å²) in [5.41, 5.74) is 12.6. The van der Waals surface area contributed by atoms with Gasteiger partial charge in [-0.05, 0) is 80.6 Å². The summed E-state index contributed by atoms with van der Waals surface area (Å²) in [5.74, 6) is 0. The molecule has 10 aromatic rings. The van der Waals surface area contributed by atoms with Gasteiger partial charge in [0, 0.05) is 39.6 Å². The predicted molar refractivity (Wildman–Crippen MR) is 205 cm³/mol. The van der Waals surface area contributed by atoms with Crippen LogP contribution in [0.25, 0.3) is 93.5 Å². The summed E-state index contributed by atoms with van der Waals surface area (Å²) in [6.45, 7) is 0. The van der Waals surface area contributed by atoms with Crippen molar-refractivity contribution >= 4 is 54.4 Å². The van der Waals surface area contributed by atoms with Gasteiger partial charge in [-0.15, -0.1) is 0 Å². The highest BCUT2D eigenvalue weighted by Crippen LogP contribution is 2.37. The minimum atomic E-state index is 0.938. The largest absolute Gasteiger partial charge is 0.309 e. The molecule has 2 aromatic heterocycles. The molecule has 0 radical (unpaired) electrons. The van der Waals surface area contributed by atoms with Gasteiger partial charge in [0.1, 0.15) is 0 Å². The molecule has 0 aliphatic carbocycles. The van der Waals surface area contributed by atoms with Crippen LogP contribution >= 0.6 is 0 Å². The van der Waals surface area contributed by atoms with Gasteiger partial charge in [-0.3, -0.25) is 9.97 Å². The standard InChI is InChI=1S/C46H29N3/c1-2-13-41-37(10-1)38-25-22-35(29-42(38)46-45(41)47-26-27-48-46)34-9-7-8-33(28-34)32-18-16-30(17-19-32)31-20-23-36(24-21-31)49-43-14-5-3-11-39(43)40-12-4-6-15-44(40)49/h1-29H. The summed E-state index contributed by atoms with van der Waals surface area (Å²) in [6, 6.07) is 59.1. The van der Waals surface area contributed by atoms with Crippen LogP contribution in [0.4, 0.5) is 0 Å². The molecule has 49 heavy (non-hydrogen) atoms. The smallest absolute Gasteiger partial charge is 0.0971 e. The molecule has 0 aliphatic heterocycles. The van der Waals surface area contributed by atoms with Gasteiger partial charge < -0.3 is 4.57 Å². The summed E-state index contributed by atoms with van der Waals surface area (Å²) >= 11 is 0. The highest BCUT2D eigenvalue weighted by atomic mass is 15.0. The zero-order valence-electron chi connectivity index (χ0n) is 26.6. The topological polar surface area (TPSA) is 30.7 Å². The molecule has 0 unspecified atom stereocenters. The molecule has 2 heterocycles. The average Bonchev–Trinajstić information content (AvgIpc) is 3.52. The first-order valence-corrected chi connectivity index (χ1v) is 16.7. The Morgan fingerprint density at radius 2 is 0.755 bits per heavy atom. The molecule has 0 N–H and O–H groups in total. The Balaban J connectivity index is 0.977. The van der Waals surface area contributed by atoms with Crippen molar-refractivity contribution in [3.8, 4) is 39.1 Å². The van der Waals surface area contributed by atoms with E-state index in [4.69, 9.17) is 9.97 Å². The van der Waals surface area contributed by atoms with Gasteiger partial charge in [0.05, 0.1) is 22.1 Å². The Morgan fingerprint density at radius 3 is 1.41 bits per heavy atom. The third-order valence-electron chi connectivity index (χ3n) is 9.90. The van der Waals surface area contributed by atoms with Gasteiger partial charge in [-0.1, -0.05) is 127 Å². The molecule has 8 aromatic carbocycles. The average molecular weight is 624 g/mol. The van der Waals surface area contributed by atoms with E-state index in [9.17, 15) is 0 Å². The molecule has 0 aliphatic rings. The van der Waals surface area contributed by atoms with Gasteiger partial charge >= 0.3 is 0 Å². The lowest BCUT2D eigenvalue weighted by Crippen LogP contribution is -1.93. The van der Waals surface area contributed by atoms with Crippen LogP contribution in [-0.4, -0.2) is 14.5 Å². The zero-order chi connectivity index (χ0) is 32.3. The summed E-state index contributed by atoms with van der Waals surface area (Å²) in [5, 5.41) is 7.21. The van der Waals surface area contributed by atoms with Crippen molar-refractivity contribution in [3.05, 3.63) is 176 Å². The second-order valence-electron chi connectivity index (χ2n) is 12.6. The van der Waals surface area contributed by atoms with E-state index in [0.29, 0.717) is 0 Å². The van der Waals surface area contributed by atoms with Gasteiger partial charge in [0.15, 0.2) is 0 Å². The van der Waals surface area contributed by atoms with E-state index in [1.54, 1.807) is 12.4 Å². The lowest BCUT2D eigenvalue weighted by molar-refractivity contribution is 1.18. The maximum Gasteiger partial charge on any atom is 0.0971 e. The molecule has 3 heteroatoms. The number of hydrogen-bond acceptors (Lipinski definition) is 2. The molecule has 0 bridgehead atoms. The van der Waals surface area contributed by atoms with Crippen molar-refractivity contribution in [3.63, 3.8) is 0 Å². The molecule has 0 saturated heterocycles. The maximum absolute atomic E-state index is 4.77. The second kappa shape index (κ2) is 11.0.